The van der Waals surface area contributed by atoms with Gasteiger partial charge in [-0.2, -0.15) is 9.40 Å². The van der Waals surface area contributed by atoms with Crippen LogP contribution in [0.1, 0.15) is 45.8 Å². The number of sulfonamides is 1. The molecule has 0 fully saturated rings. The molecule has 1 amide bonds. The molecule has 2 heterocycles. The number of nitrogens with zero attached hydrogens (tertiary/aromatic N) is 3. The highest BCUT2D eigenvalue weighted by Crippen LogP contribution is 2.35. The highest BCUT2D eigenvalue weighted by atomic mass is 35.5. The number of rotatable bonds is 6. The number of fused-ring (bicyclic) bond motifs is 1. The molecule has 1 aliphatic rings. The van der Waals surface area contributed by atoms with Crippen molar-refractivity contribution < 1.29 is 17.6 Å². The van der Waals surface area contributed by atoms with E-state index in [1.54, 1.807) is 47.2 Å². The molecule has 0 unspecified atom stereocenters. The maximum atomic E-state index is 13.6. The van der Waals surface area contributed by atoms with Gasteiger partial charge < -0.3 is 5.32 Å². The second kappa shape index (κ2) is 10.8. The lowest BCUT2D eigenvalue weighted by Gasteiger charge is -2.28. The van der Waals surface area contributed by atoms with Crippen molar-refractivity contribution in [1.82, 2.24) is 19.4 Å². The van der Waals surface area contributed by atoms with Crippen LogP contribution in [0.15, 0.2) is 78.9 Å². The SMILES string of the molecule is C[C@@H](NC(=O)c1nn(-c2ccc(Cl)cc2)c2c1CN(S(C)(=O)=O)CC2=Cc1ccc(F)cc1)c1ccccc1. The second-order valence-corrected chi connectivity index (χ2v) is 11.8. The number of amides is 1. The molecule has 0 saturated heterocycles. The number of nitrogens with one attached hydrogen (secondary N) is 1. The average molecular weight is 565 g/mol. The molecule has 7 nitrogen and oxygen atoms in total. The average Bonchev–Trinajstić information content (AvgIpc) is 3.30. The summed E-state index contributed by atoms with van der Waals surface area (Å²) in [5.41, 5.74) is 4.09. The molecular weight excluding hydrogens is 539 g/mol. The van der Waals surface area contributed by atoms with E-state index in [0.29, 0.717) is 33.1 Å². The number of benzene rings is 3. The van der Waals surface area contributed by atoms with Crippen LogP contribution in [-0.2, 0) is 16.6 Å². The van der Waals surface area contributed by atoms with Gasteiger partial charge in [0.2, 0.25) is 10.0 Å². The van der Waals surface area contributed by atoms with Gasteiger partial charge in [0.15, 0.2) is 5.69 Å². The third-order valence-corrected chi connectivity index (χ3v) is 8.03. The first-order valence-corrected chi connectivity index (χ1v) is 14.5. The monoisotopic (exact) mass is 564 g/mol. The molecule has 0 saturated carbocycles. The number of hydrogen-bond donors (Lipinski definition) is 1. The normalized spacial score (nSPS) is 15.6. The fourth-order valence-electron chi connectivity index (χ4n) is 4.58. The Morgan fingerprint density at radius 3 is 2.33 bits per heavy atom. The molecule has 10 heteroatoms. The van der Waals surface area contributed by atoms with Gasteiger partial charge >= 0.3 is 0 Å². The van der Waals surface area contributed by atoms with Gasteiger partial charge in [-0.05, 0) is 66.1 Å². The third-order valence-electron chi connectivity index (χ3n) is 6.58. The van der Waals surface area contributed by atoms with Crippen LogP contribution < -0.4 is 5.32 Å². The number of hydrogen-bond acceptors (Lipinski definition) is 4. The second-order valence-electron chi connectivity index (χ2n) is 9.42. The van der Waals surface area contributed by atoms with Gasteiger partial charge in [-0.25, -0.2) is 17.5 Å². The Hall–Kier alpha value is -3.79. The van der Waals surface area contributed by atoms with Gasteiger partial charge in [0.1, 0.15) is 5.82 Å². The zero-order valence-electron chi connectivity index (χ0n) is 21.3. The smallest absolute Gasteiger partial charge is 0.272 e. The lowest BCUT2D eigenvalue weighted by Crippen LogP contribution is -2.36. The van der Waals surface area contributed by atoms with E-state index in [-0.39, 0.29) is 30.6 Å². The number of carbonyl (C=O) groups excluding carboxylic acids is 1. The molecule has 1 aliphatic heterocycles. The Bertz CT molecular complexity index is 1650. The van der Waals surface area contributed by atoms with Gasteiger partial charge in [0.05, 0.1) is 23.7 Å². The lowest BCUT2D eigenvalue weighted by molar-refractivity contribution is 0.0933. The quantitative estimate of drug-likeness (QED) is 0.336. The van der Waals surface area contributed by atoms with Gasteiger partial charge in [-0.1, -0.05) is 54.1 Å². The Balaban J connectivity index is 1.67. The topological polar surface area (TPSA) is 84.3 Å². The Morgan fingerprint density at radius 1 is 1.03 bits per heavy atom. The van der Waals surface area contributed by atoms with Crippen LogP contribution in [0.5, 0.6) is 0 Å². The maximum Gasteiger partial charge on any atom is 0.272 e. The summed E-state index contributed by atoms with van der Waals surface area (Å²) in [4.78, 5) is 13.6. The highest BCUT2D eigenvalue weighted by molar-refractivity contribution is 7.88. The minimum Gasteiger partial charge on any atom is -0.344 e. The molecule has 0 spiro atoms. The first-order chi connectivity index (χ1) is 18.6. The number of halogens is 2. The van der Waals surface area contributed by atoms with Crippen LogP contribution in [0.2, 0.25) is 5.02 Å². The van der Waals surface area contributed by atoms with E-state index in [0.717, 1.165) is 11.8 Å². The van der Waals surface area contributed by atoms with E-state index in [4.69, 9.17) is 16.7 Å². The zero-order valence-corrected chi connectivity index (χ0v) is 22.9. The van der Waals surface area contributed by atoms with E-state index in [2.05, 4.69) is 5.32 Å². The van der Waals surface area contributed by atoms with Crippen LogP contribution in [0, 0.1) is 5.82 Å². The molecule has 5 rings (SSSR count). The molecular formula is C29H26ClFN4O3S. The van der Waals surface area contributed by atoms with Crippen molar-refractivity contribution in [2.45, 2.75) is 19.5 Å². The first-order valence-electron chi connectivity index (χ1n) is 12.3. The summed E-state index contributed by atoms with van der Waals surface area (Å²) in [7, 11) is -3.62. The first kappa shape index (κ1) is 26.8. The van der Waals surface area contributed by atoms with Crippen molar-refractivity contribution >= 4 is 39.2 Å². The van der Waals surface area contributed by atoms with E-state index >= 15 is 0 Å². The van der Waals surface area contributed by atoms with Crippen LogP contribution in [0.3, 0.4) is 0 Å². The summed E-state index contributed by atoms with van der Waals surface area (Å²) in [5, 5.41) is 8.24. The fourth-order valence-corrected chi connectivity index (χ4v) is 5.44. The molecule has 1 atom stereocenters. The predicted molar refractivity (Wildman–Crippen MR) is 150 cm³/mol. The Kier molecular flexibility index (Phi) is 7.40. The molecule has 4 aromatic rings. The van der Waals surface area contributed by atoms with Gasteiger partial charge in [0.25, 0.3) is 5.91 Å². The van der Waals surface area contributed by atoms with E-state index in [1.807, 2.05) is 37.3 Å². The van der Waals surface area contributed by atoms with Crippen molar-refractivity contribution in [2.75, 3.05) is 12.8 Å². The third kappa shape index (κ3) is 5.80. The molecule has 0 radical (unpaired) electrons. The van der Waals surface area contributed by atoms with Crippen molar-refractivity contribution in [2.24, 2.45) is 0 Å². The van der Waals surface area contributed by atoms with Crippen molar-refractivity contribution in [3.8, 4) is 5.69 Å². The number of carbonyl (C=O) groups is 1. The Morgan fingerprint density at radius 2 is 1.69 bits per heavy atom. The lowest BCUT2D eigenvalue weighted by atomic mass is 9.98. The summed E-state index contributed by atoms with van der Waals surface area (Å²) in [5.74, 6) is -0.802. The molecule has 1 aromatic heterocycles. The summed E-state index contributed by atoms with van der Waals surface area (Å²) >= 11 is 6.12. The predicted octanol–water partition coefficient (Wildman–Crippen LogP) is 5.47. The molecule has 3 aromatic carbocycles. The molecule has 0 aliphatic carbocycles. The minimum absolute atomic E-state index is 0.0228. The van der Waals surface area contributed by atoms with E-state index in [9.17, 15) is 17.6 Å². The highest BCUT2D eigenvalue weighted by Gasteiger charge is 2.35. The molecule has 0 bridgehead atoms. The number of aromatic nitrogens is 2. The van der Waals surface area contributed by atoms with Crippen LogP contribution >= 0.6 is 11.6 Å². The summed E-state index contributed by atoms with van der Waals surface area (Å²) < 4.78 is 41.9. The summed E-state index contributed by atoms with van der Waals surface area (Å²) in [6.07, 6.45) is 2.92. The van der Waals surface area contributed by atoms with Crippen molar-refractivity contribution in [3.63, 3.8) is 0 Å². The molecule has 200 valence electrons. The van der Waals surface area contributed by atoms with Crippen LogP contribution in [0.4, 0.5) is 4.39 Å². The summed E-state index contributed by atoms with van der Waals surface area (Å²) in [6.45, 7) is 1.91. The van der Waals surface area contributed by atoms with E-state index < -0.39 is 15.9 Å². The van der Waals surface area contributed by atoms with Crippen molar-refractivity contribution in [3.05, 3.63) is 118 Å². The van der Waals surface area contributed by atoms with Crippen molar-refractivity contribution in [1.29, 1.82) is 0 Å². The van der Waals surface area contributed by atoms with Gasteiger partial charge in [-0.15, -0.1) is 0 Å². The zero-order chi connectivity index (χ0) is 27.7. The van der Waals surface area contributed by atoms with Gasteiger partial charge in [0, 0.05) is 23.7 Å². The fraction of sp³-hybridized carbons (Fsp3) is 0.172. The summed E-state index contributed by atoms with van der Waals surface area (Å²) in [6, 6.07) is 22.1. The molecule has 39 heavy (non-hydrogen) atoms. The van der Waals surface area contributed by atoms with E-state index in [1.165, 1.54) is 16.4 Å². The molecule has 1 N–H and O–H groups in total. The van der Waals surface area contributed by atoms with Gasteiger partial charge in [-0.3, -0.25) is 4.79 Å². The largest absolute Gasteiger partial charge is 0.344 e. The standard InChI is InChI=1S/C29H26ClFN4O3S/c1-19(21-6-4-3-5-7-21)32-29(36)27-26-18-34(39(2,37)38)17-22(16-20-8-12-24(31)13-9-20)28(26)35(33-27)25-14-10-23(30)11-15-25/h3-16,19H,17-18H2,1-2H3,(H,32,36)/t19-/m1/s1. The van der Waals surface area contributed by atoms with Crippen LogP contribution in [-0.4, -0.2) is 41.2 Å². The minimum atomic E-state index is -3.62. The van der Waals surface area contributed by atoms with Crippen LogP contribution in [0.25, 0.3) is 17.3 Å². The maximum absolute atomic E-state index is 13.6. The Labute approximate surface area is 231 Å².